The minimum Gasteiger partial charge on any atom is -0.345 e. The molecule has 0 aliphatic carbocycles. The zero-order chi connectivity index (χ0) is 15.9. The SMILES string of the molecule is C/C(=C\C(=O)NCC(=O)c1ccc(F)cc1)c1ccccc1. The quantitative estimate of drug-likeness (QED) is 0.680. The van der Waals surface area contributed by atoms with Crippen LogP contribution in [0, 0.1) is 5.82 Å². The molecule has 0 aliphatic heterocycles. The molecule has 0 radical (unpaired) electrons. The van der Waals surface area contributed by atoms with Gasteiger partial charge in [0.15, 0.2) is 5.78 Å². The maximum atomic E-state index is 12.8. The topological polar surface area (TPSA) is 46.2 Å². The van der Waals surface area contributed by atoms with Crippen LogP contribution in [-0.4, -0.2) is 18.2 Å². The van der Waals surface area contributed by atoms with E-state index in [1.807, 2.05) is 37.3 Å². The molecule has 0 saturated heterocycles. The Morgan fingerprint density at radius 1 is 1.00 bits per heavy atom. The van der Waals surface area contributed by atoms with Gasteiger partial charge in [-0.2, -0.15) is 0 Å². The van der Waals surface area contributed by atoms with E-state index in [1.165, 1.54) is 30.3 Å². The van der Waals surface area contributed by atoms with Crippen LogP contribution in [0.25, 0.3) is 5.57 Å². The van der Waals surface area contributed by atoms with E-state index in [-0.39, 0.29) is 18.2 Å². The lowest BCUT2D eigenvalue weighted by Gasteiger charge is -2.04. The van der Waals surface area contributed by atoms with Gasteiger partial charge < -0.3 is 5.32 Å². The monoisotopic (exact) mass is 297 g/mol. The summed E-state index contributed by atoms with van der Waals surface area (Å²) in [6.45, 7) is 1.71. The number of rotatable bonds is 5. The molecule has 0 fully saturated rings. The van der Waals surface area contributed by atoms with Crippen LogP contribution in [-0.2, 0) is 4.79 Å². The van der Waals surface area contributed by atoms with Gasteiger partial charge in [0.05, 0.1) is 6.54 Å². The first-order valence-corrected chi connectivity index (χ1v) is 6.86. The molecule has 1 amide bonds. The molecule has 2 aromatic rings. The van der Waals surface area contributed by atoms with E-state index >= 15 is 0 Å². The van der Waals surface area contributed by atoms with Gasteiger partial charge in [-0.25, -0.2) is 4.39 Å². The van der Waals surface area contributed by atoms with E-state index in [9.17, 15) is 14.0 Å². The summed E-state index contributed by atoms with van der Waals surface area (Å²) in [4.78, 5) is 23.7. The van der Waals surface area contributed by atoms with Crippen molar-refractivity contribution in [1.29, 1.82) is 0 Å². The second kappa shape index (κ2) is 7.31. The number of nitrogens with one attached hydrogen (secondary N) is 1. The Bertz CT molecular complexity index is 691. The highest BCUT2D eigenvalue weighted by atomic mass is 19.1. The van der Waals surface area contributed by atoms with Gasteiger partial charge >= 0.3 is 0 Å². The van der Waals surface area contributed by atoms with Gasteiger partial charge in [0.25, 0.3) is 0 Å². The zero-order valence-electron chi connectivity index (χ0n) is 12.2. The van der Waals surface area contributed by atoms with Gasteiger partial charge in [0.2, 0.25) is 5.91 Å². The highest BCUT2D eigenvalue weighted by molar-refractivity contribution is 6.02. The first-order chi connectivity index (χ1) is 10.6. The molecule has 2 aromatic carbocycles. The van der Waals surface area contributed by atoms with E-state index in [2.05, 4.69) is 5.32 Å². The number of benzene rings is 2. The molecular weight excluding hydrogens is 281 g/mol. The van der Waals surface area contributed by atoms with Crippen LogP contribution in [0.3, 0.4) is 0 Å². The fourth-order valence-electron chi connectivity index (χ4n) is 1.94. The van der Waals surface area contributed by atoms with Crippen LogP contribution in [0.2, 0.25) is 0 Å². The summed E-state index contributed by atoms with van der Waals surface area (Å²) in [7, 11) is 0. The molecule has 1 N–H and O–H groups in total. The Morgan fingerprint density at radius 3 is 2.27 bits per heavy atom. The molecule has 112 valence electrons. The largest absolute Gasteiger partial charge is 0.345 e. The summed E-state index contributed by atoms with van der Waals surface area (Å²) < 4.78 is 12.8. The van der Waals surface area contributed by atoms with Crippen molar-refractivity contribution in [1.82, 2.24) is 5.32 Å². The molecule has 0 unspecified atom stereocenters. The minimum atomic E-state index is -0.401. The maximum Gasteiger partial charge on any atom is 0.244 e. The van der Waals surface area contributed by atoms with Crippen LogP contribution in [0.1, 0.15) is 22.8 Å². The van der Waals surface area contributed by atoms with Crippen molar-refractivity contribution >= 4 is 17.3 Å². The number of carbonyl (C=O) groups is 2. The van der Waals surface area contributed by atoms with Crippen molar-refractivity contribution in [3.63, 3.8) is 0 Å². The van der Waals surface area contributed by atoms with Gasteiger partial charge in [0.1, 0.15) is 5.82 Å². The van der Waals surface area contributed by atoms with E-state index in [4.69, 9.17) is 0 Å². The van der Waals surface area contributed by atoms with Gasteiger partial charge in [-0.15, -0.1) is 0 Å². The van der Waals surface area contributed by atoms with Crippen LogP contribution < -0.4 is 5.32 Å². The number of amides is 1. The second-order valence-electron chi connectivity index (χ2n) is 4.84. The van der Waals surface area contributed by atoms with E-state index < -0.39 is 5.82 Å². The predicted molar refractivity (Wildman–Crippen MR) is 83.8 cm³/mol. The van der Waals surface area contributed by atoms with Crippen LogP contribution in [0.4, 0.5) is 4.39 Å². The molecular formula is C18H16FNO2. The zero-order valence-corrected chi connectivity index (χ0v) is 12.2. The number of carbonyl (C=O) groups excluding carboxylic acids is 2. The molecule has 4 heteroatoms. The number of halogens is 1. The molecule has 2 rings (SSSR count). The Kier molecular flexibility index (Phi) is 5.20. The average molecular weight is 297 g/mol. The Morgan fingerprint density at radius 2 is 1.64 bits per heavy atom. The summed E-state index contributed by atoms with van der Waals surface area (Å²) in [6, 6.07) is 14.7. The lowest BCUT2D eigenvalue weighted by molar-refractivity contribution is -0.116. The molecule has 0 atom stereocenters. The Labute approximate surface area is 128 Å². The van der Waals surface area contributed by atoms with Gasteiger partial charge in [-0.05, 0) is 42.3 Å². The van der Waals surface area contributed by atoms with Gasteiger partial charge in [-0.3, -0.25) is 9.59 Å². The summed E-state index contributed by atoms with van der Waals surface area (Å²) >= 11 is 0. The molecule has 3 nitrogen and oxygen atoms in total. The summed E-state index contributed by atoms with van der Waals surface area (Å²) in [6.07, 6.45) is 1.45. The lowest BCUT2D eigenvalue weighted by Crippen LogP contribution is -2.28. The standard InChI is InChI=1S/C18H16FNO2/c1-13(14-5-3-2-4-6-14)11-18(22)20-12-17(21)15-7-9-16(19)10-8-15/h2-11H,12H2,1H3,(H,20,22)/b13-11+. The maximum absolute atomic E-state index is 12.8. The first-order valence-electron chi connectivity index (χ1n) is 6.86. The third-order valence-electron chi connectivity index (χ3n) is 3.17. The van der Waals surface area contributed by atoms with Crippen LogP contribution >= 0.6 is 0 Å². The number of allylic oxidation sites excluding steroid dienone is 1. The van der Waals surface area contributed by atoms with Crippen molar-refractivity contribution in [3.8, 4) is 0 Å². The van der Waals surface area contributed by atoms with Gasteiger partial charge in [-0.1, -0.05) is 30.3 Å². The first kappa shape index (κ1) is 15.6. The normalized spacial score (nSPS) is 11.1. The van der Waals surface area contributed by atoms with Crippen molar-refractivity contribution in [2.45, 2.75) is 6.92 Å². The molecule has 0 bridgehead atoms. The number of hydrogen-bond acceptors (Lipinski definition) is 2. The van der Waals surface area contributed by atoms with Crippen molar-refractivity contribution in [3.05, 3.63) is 77.6 Å². The van der Waals surface area contributed by atoms with E-state index in [0.29, 0.717) is 5.56 Å². The van der Waals surface area contributed by atoms with Crippen LogP contribution in [0.15, 0.2) is 60.7 Å². The fraction of sp³-hybridized carbons (Fsp3) is 0.111. The average Bonchev–Trinajstić information content (AvgIpc) is 2.54. The summed E-state index contributed by atoms with van der Waals surface area (Å²) in [5.74, 6) is -1.00. The third kappa shape index (κ3) is 4.38. The fourth-order valence-corrected chi connectivity index (χ4v) is 1.94. The smallest absolute Gasteiger partial charge is 0.244 e. The molecule has 0 spiro atoms. The molecule has 0 aromatic heterocycles. The van der Waals surface area contributed by atoms with E-state index in [1.54, 1.807) is 0 Å². The van der Waals surface area contributed by atoms with Crippen molar-refractivity contribution in [2.75, 3.05) is 6.54 Å². The summed E-state index contributed by atoms with van der Waals surface area (Å²) in [5.41, 5.74) is 2.13. The van der Waals surface area contributed by atoms with E-state index in [0.717, 1.165) is 11.1 Å². The van der Waals surface area contributed by atoms with Crippen molar-refractivity contribution in [2.24, 2.45) is 0 Å². The number of hydrogen-bond donors (Lipinski definition) is 1. The predicted octanol–water partition coefficient (Wildman–Crippen LogP) is 3.23. The molecule has 0 heterocycles. The highest BCUT2D eigenvalue weighted by Gasteiger charge is 2.07. The van der Waals surface area contributed by atoms with Crippen molar-refractivity contribution < 1.29 is 14.0 Å². The number of Topliss-reactive ketones (excluding diaryl/α,β-unsaturated/α-hetero) is 1. The third-order valence-corrected chi connectivity index (χ3v) is 3.17. The molecule has 0 saturated carbocycles. The highest BCUT2D eigenvalue weighted by Crippen LogP contribution is 2.12. The van der Waals surface area contributed by atoms with Gasteiger partial charge in [0, 0.05) is 11.6 Å². The molecule has 22 heavy (non-hydrogen) atoms. The molecule has 0 aliphatic rings. The summed E-state index contributed by atoms with van der Waals surface area (Å²) in [5, 5.41) is 2.54. The Hall–Kier alpha value is -2.75. The minimum absolute atomic E-state index is 0.122. The second-order valence-corrected chi connectivity index (χ2v) is 4.84. The Balaban J connectivity index is 1.92. The lowest BCUT2D eigenvalue weighted by atomic mass is 10.1. The van der Waals surface area contributed by atoms with Crippen LogP contribution in [0.5, 0.6) is 0 Å². The number of ketones is 1.